The fourth-order valence-electron chi connectivity index (χ4n) is 0.715. The molecule has 65 valence electrons. The summed E-state index contributed by atoms with van der Waals surface area (Å²) in [7, 11) is 0. The van der Waals surface area contributed by atoms with Gasteiger partial charge in [-0.3, -0.25) is 4.79 Å². The highest BCUT2D eigenvalue weighted by Gasteiger charge is 2.06. The summed E-state index contributed by atoms with van der Waals surface area (Å²) in [6.07, 6.45) is 7.75. The van der Waals surface area contributed by atoms with Gasteiger partial charge in [0, 0.05) is 5.75 Å². The number of carboxylic acid groups (broad SMARTS) is 1. The van der Waals surface area contributed by atoms with Gasteiger partial charge in [0.1, 0.15) is 5.37 Å². The van der Waals surface area contributed by atoms with Crippen LogP contribution in [0, 0.1) is 5.37 Å². The summed E-state index contributed by atoms with van der Waals surface area (Å²) in [5.41, 5.74) is 0. The molecular weight excluding hydrogens is 174 g/mol. The van der Waals surface area contributed by atoms with Gasteiger partial charge in [0.25, 0.3) is 0 Å². The summed E-state index contributed by atoms with van der Waals surface area (Å²) in [6, 6.07) is 0. The molecule has 2 N–H and O–H groups in total. The number of carbonyl (C=O) groups is 1. The molecule has 0 unspecified atom stereocenters. The maximum atomic E-state index is 10.2. The topological polar surface area (TPSA) is 49.3 Å². The van der Waals surface area contributed by atoms with Crippen molar-refractivity contribution >= 4 is 17.7 Å². The van der Waals surface area contributed by atoms with E-state index in [0.29, 0.717) is 5.75 Å². The van der Waals surface area contributed by atoms with Crippen LogP contribution in [0.3, 0.4) is 0 Å². The highest BCUT2D eigenvalue weighted by atomic mass is 32.2. The van der Waals surface area contributed by atoms with Crippen LogP contribution in [0.15, 0.2) is 24.4 Å². The molecule has 4 heteroatoms. The Balaban J connectivity index is 2.11. The third-order valence-electron chi connectivity index (χ3n) is 1.25. The number of rotatable bonds is 4. The maximum absolute atomic E-state index is 10.2. The summed E-state index contributed by atoms with van der Waals surface area (Å²) in [4.78, 5) is 10.2. The van der Waals surface area contributed by atoms with Gasteiger partial charge in [-0.25, -0.2) is 0 Å². The van der Waals surface area contributed by atoms with Crippen molar-refractivity contribution in [2.24, 2.45) is 0 Å². The van der Waals surface area contributed by atoms with Gasteiger partial charge in [0.15, 0.2) is 0 Å². The second kappa shape index (κ2) is 4.87. The fraction of sp³-hybridized carbons (Fsp3) is 0.250. The first-order valence-corrected chi connectivity index (χ1v) is 4.59. The van der Waals surface area contributed by atoms with E-state index < -0.39 is 5.97 Å². The predicted molar refractivity (Wildman–Crippen MR) is 49.4 cm³/mol. The van der Waals surface area contributed by atoms with E-state index in [4.69, 9.17) is 5.11 Å². The summed E-state index contributed by atoms with van der Waals surface area (Å²) in [5, 5.41) is 12.4. The third-order valence-corrected chi connectivity index (χ3v) is 2.23. The number of thioether (sulfide) groups is 1. The molecule has 0 saturated carbocycles. The average Bonchev–Trinajstić information content (AvgIpc) is 2.05. The molecule has 0 spiro atoms. The van der Waals surface area contributed by atoms with Gasteiger partial charge >= 0.3 is 5.97 Å². The molecular formula is C8H10NO2S. The van der Waals surface area contributed by atoms with E-state index in [-0.39, 0.29) is 6.42 Å². The normalized spacial score (nSPS) is 16.0. The zero-order valence-electron chi connectivity index (χ0n) is 6.49. The molecule has 12 heavy (non-hydrogen) atoms. The van der Waals surface area contributed by atoms with Gasteiger partial charge in [0.05, 0.1) is 6.42 Å². The van der Waals surface area contributed by atoms with Crippen LogP contribution < -0.4 is 5.32 Å². The van der Waals surface area contributed by atoms with E-state index in [9.17, 15) is 4.79 Å². The van der Waals surface area contributed by atoms with Gasteiger partial charge in [-0.2, -0.15) is 0 Å². The Hall–Kier alpha value is -0.900. The van der Waals surface area contributed by atoms with E-state index in [2.05, 4.69) is 5.32 Å². The zero-order chi connectivity index (χ0) is 8.81. The lowest BCUT2D eigenvalue weighted by atomic mass is 10.4. The molecule has 0 amide bonds. The van der Waals surface area contributed by atoms with Crippen molar-refractivity contribution < 1.29 is 9.90 Å². The van der Waals surface area contributed by atoms with Crippen molar-refractivity contribution in [2.75, 3.05) is 5.75 Å². The highest BCUT2D eigenvalue weighted by Crippen LogP contribution is 2.20. The number of hydrogen-bond acceptors (Lipinski definition) is 3. The summed E-state index contributed by atoms with van der Waals surface area (Å²) in [5.74, 6) is -0.144. The fourth-order valence-corrected chi connectivity index (χ4v) is 1.54. The zero-order valence-corrected chi connectivity index (χ0v) is 7.30. The minimum atomic E-state index is -0.751. The van der Waals surface area contributed by atoms with Gasteiger partial charge in [-0.15, -0.1) is 11.8 Å². The van der Waals surface area contributed by atoms with Crippen LogP contribution >= 0.6 is 11.8 Å². The first-order chi connectivity index (χ1) is 5.79. The Morgan fingerprint density at radius 1 is 1.58 bits per heavy atom. The molecule has 1 aliphatic heterocycles. The van der Waals surface area contributed by atoms with Crippen LogP contribution in [0.2, 0.25) is 0 Å². The third kappa shape index (κ3) is 3.48. The molecule has 0 aromatic rings. The number of carboxylic acids is 1. The molecule has 1 rings (SSSR count). The standard InChI is InChI=1S/C8H10NO2S/c10-8(11)4-6-12-7-3-1-2-5-9-7/h1-3,5,9H,4,6H2,(H,10,11). The Morgan fingerprint density at radius 3 is 3.00 bits per heavy atom. The van der Waals surface area contributed by atoms with Crippen LogP contribution in [-0.4, -0.2) is 16.8 Å². The SMILES string of the molecule is O=C(O)CCS[C]1C=CC=CN1. The van der Waals surface area contributed by atoms with Crippen LogP contribution in [0.5, 0.6) is 0 Å². The van der Waals surface area contributed by atoms with E-state index in [1.165, 1.54) is 11.8 Å². The van der Waals surface area contributed by atoms with Gasteiger partial charge in [-0.05, 0) is 18.4 Å². The lowest BCUT2D eigenvalue weighted by Crippen LogP contribution is -2.12. The summed E-state index contributed by atoms with van der Waals surface area (Å²) < 4.78 is 0. The van der Waals surface area contributed by atoms with Crippen molar-refractivity contribution in [3.8, 4) is 0 Å². The van der Waals surface area contributed by atoms with Crippen molar-refractivity contribution in [1.82, 2.24) is 5.32 Å². The number of hydrogen-bond donors (Lipinski definition) is 2. The van der Waals surface area contributed by atoms with E-state index in [1.54, 1.807) is 0 Å². The molecule has 3 nitrogen and oxygen atoms in total. The quantitative estimate of drug-likeness (QED) is 0.692. The molecule has 0 atom stereocenters. The minimum Gasteiger partial charge on any atom is -0.481 e. The van der Waals surface area contributed by atoms with Crippen LogP contribution in [-0.2, 0) is 4.79 Å². The number of nitrogens with one attached hydrogen (secondary N) is 1. The van der Waals surface area contributed by atoms with Gasteiger partial charge in [0.2, 0.25) is 0 Å². The maximum Gasteiger partial charge on any atom is 0.304 e. The predicted octanol–water partition coefficient (Wildman–Crippen LogP) is 1.36. The molecule has 1 aliphatic rings. The first kappa shape index (κ1) is 9.19. The average molecular weight is 184 g/mol. The molecule has 0 fully saturated rings. The van der Waals surface area contributed by atoms with E-state index in [1.807, 2.05) is 24.4 Å². The lowest BCUT2D eigenvalue weighted by Gasteiger charge is -2.12. The Morgan fingerprint density at radius 2 is 2.42 bits per heavy atom. The second-order valence-electron chi connectivity index (χ2n) is 2.22. The number of aliphatic carboxylic acids is 1. The van der Waals surface area contributed by atoms with Crippen LogP contribution in [0.25, 0.3) is 0 Å². The Kier molecular flexibility index (Phi) is 3.73. The van der Waals surface area contributed by atoms with E-state index >= 15 is 0 Å². The van der Waals surface area contributed by atoms with Gasteiger partial charge in [-0.1, -0.05) is 6.08 Å². The van der Waals surface area contributed by atoms with Crippen molar-refractivity contribution in [3.05, 3.63) is 29.8 Å². The number of dihydropyridines is 1. The highest BCUT2D eigenvalue weighted by molar-refractivity contribution is 8.02. The first-order valence-electron chi connectivity index (χ1n) is 3.60. The molecule has 0 aliphatic carbocycles. The molecule has 0 bridgehead atoms. The van der Waals surface area contributed by atoms with Crippen molar-refractivity contribution in [2.45, 2.75) is 6.42 Å². The van der Waals surface area contributed by atoms with E-state index in [0.717, 1.165) is 5.37 Å². The van der Waals surface area contributed by atoms with Crippen molar-refractivity contribution in [3.63, 3.8) is 0 Å². The Bertz CT molecular complexity index is 213. The number of allylic oxidation sites excluding steroid dienone is 2. The monoisotopic (exact) mass is 184 g/mol. The minimum absolute atomic E-state index is 0.202. The van der Waals surface area contributed by atoms with Crippen LogP contribution in [0.1, 0.15) is 6.42 Å². The van der Waals surface area contributed by atoms with Crippen LogP contribution in [0.4, 0.5) is 0 Å². The molecule has 1 heterocycles. The lowest BCUT2D eigenvalue weighted by molar-refractivity contribution is -0.136. The molecule has 0 saturated heterocycles. The van der Waals surface area contributed by atoms with Crippen molar-refractivity contribution in [1.29, 1.82) is 0 Å². The summed E-state index contributed by atoms with van der Waals surface area (Å²) >= 11 is 1.51. The molecule has 0 aromatic carbocycles. The summed E-state index contributed by atoms with van der Waals surface area (Å²) in [6.45, 7) is 0. The Labute approximate surface area is 75.5 Å². The molecule has 1 radical (unpaired) electrons. The second-order valence-corrected chi connectivity index (χ2v) is 3.36. The van der Waals surface area contributed by atoms with Gasteiger partial charge < -0.3 is 10.4 Å². The molecule has 0 aromatic heterocycles. The largest absolute Gasteiger partial charge is 0.481 e. The smallest absolute Gasteiger partial charge is 0.304 e.